The monoisotopic (exact) mass is 303 g/mol. The van der Waals surface area contributed by atoms with E-state index in [1.807, 2.05) is 0 Å². The molecule has 1 aromatic carbocycles. The minimum absolute atomic E-state index is 0.268. The molecular formula is C14H13ClF3NO. The number of nitrogens with zero attached hydrogens (tertiary/aromatic N) is 1. The van der Waals surface area contributed by atoms with Crippen molar-refractivity contribution in [1.29, 1.82) is 0 Å². The third kappa shape index (κ3) is 3.28. The molecule has 1 heterocycles. The van der Waals surface area contributed by atoms with Crippen molar-refractivity contribution < 1.29 is 17.9 Å². The Morgan fingerprint density at radius 3 is 2.45 bits per heavy atom. The quantitative estimate of drug-likeness (QED) is 0.780. The molecule has 0 saturated carbocycles. The third-order valence-electron chi connectivity index (χ3n) is 2.95. The fourth-order valence-corrected chi connectivity index (χ4v) is 2.21. The molecule has 0 saturated heterocycles. The summed E-state index contributed by atoms with van der Waals surface area (Å²) in [6.45, 7) is 0.664. The fraction of sp³-hybridized carbons (Fsp3) is 0.286. The highest BCUT2D eigenvalue weighted by atomic mass is 35.5. The van der Waals surface area contributed by atoms with Crippen molar-refractivity contribution in [3.63, 3.8) is 0 Å². The van der Waals surface area contributed by atoms with E-state index >= 15 is 0 Å². The van der Waals surface area contributed by atoms with Gasteiger partial charge in [0.2, 0.25) is 0 Å². The molecule has 0 unspecified atom stereocenters. The van der Waals surface area contributed by atoms with E-state index in [2.05, 4.69) is 0 Å². The molecule has 0 fully saturated rings. The number of ether oxygens (including phenoxy) is 1. The number of benzene rings is 1. The molecule has 2 nitrogen and oxygen atoms in total. The maximum Gasteiger partial charge on any atom is 0.419 e. The molecule has 1 aliphatic rings. The van der Waals surface area contributed by atoms with Crippen LogP contribution < -0.4 is 4.74 Å². The van der Waals surface area contributed by atoms with Gasteiger partial charge in [0.15, 0.2) is 0 Å². The minimum Gasteiger partial charge on any atom is -0.497 e. The highest BCUT2D eigenvalue weighted by Gasteiger charge is 2.37. The predicted octanol–water partition coefficient (Wildman–Crippen LogP) is 4.08. The molecule has 6 heteroatoms. The third-order valence-corrected chi connectivity index (χ3v) is 3.39. The van der Waals surface area contributed by atoms with Crippen LogP contribution in [-0.2, 0) is 6.54 Å². The van der Waals surface area contributed by atoms with Crippen LogP contribution in [-0.4, -0.2) is 24.7 Å². The summed E-state index contributed by atoms with van der Waals surface area (Å²) in [6.07, 6.45) is -1.96. The molecule has 0 spiro atoms. The Morgan fingerprint density at radius 1 is 1.25 bits per heavy atom. The standard InChI is InChI=1S/C14H13ClF3NO/c1-20-11-6-4-10(5-7-11)9-19-8-2-3-12(13(19)15)14(16,17)18/h2-7H,8-9H2,1H3. The lowest BCUT2D eigenvalue weighted by molar-refractivity contribution is -0.0900. The second-order valence-corrected chi connectivity index (χ2v) is 4.69. The van der Waals surface area contributed by atoms with Gasteiger partial charge in [0, 0.05) is 13.1 Å². The van der Waals surface area contributed by atoms with Crippen LogP contribution in [0.1, 0.15) is 5.56 Å². The number of rotatable bonds is 3. The normalized spacial score (nSPS) is 15.8. The number of allylic oxidation sites excluding steroid dienone is 2. The van der Waals surface area contributed by atoms with E-state index in [0.717, 1.165) is 11.6 Å². The highest BCUT2D eigenvalue weighted by molar-refractivity contribution is 6.29. The van der Waals surface area contributed by atoms with Gasteiger partial charge >= 0.3 is 6.18 Å². The molecule has 20 heavy (non-hydrogen) atoms. The molecule has 0 aliphatic carbocycles. The molecule has 1 aromatic rings. The molecule has 2 rings (SSSR count). The maximum atomic E-state index is 12.8. The first-order valence-electron chi connectivity index (χ1n) is 5.93. The van der Waals surface area contributed by atoms with E-state index in [1.54, 1.807) is 31.4 Å². The zero-order chi connectivity index (χ0) is 14.8. The summed E-state index contributed by atoms with van der Waals surface area (Å²) >= 11 is 5.85. The lowest BCUT2D eigenvalue weighted by Crippen LogP contribution is -2.27. The van der Waals surface area contributed by atoms with Gasteiger partial charge in [-0.1, -0.05) is 29.8 Å². The molecule has 0 aromatic heterocycles. The van der Waals surface area contributed by atoms with Crippen LogP contribution >= 0.6 is 11.6 Å². The zero-order valence-electron chi connectivity index (χ0n) is 10.7. The Morgan fingerprint density at radius 2 is 1.90 bits per heavy atom. The number of halogens is 4. The lowest BCUT2D eigenvalue weighted by atomic mass is 10.1. The molecular weight excluding hydrogens is 291 g/mol. The average Bonchev–Trinajstić information content (AvgIpc) is 2.40. The highest BCUT2D eigenvalue weighted by Crippen LogP contribution is 2.34. The van der Waals surface area contributed by atoms with Crippen LogP contribution in [0.5, 0.6) is 5.75 Å². The van der Waals surface area contributed by atoms with E-state index in [-0.39, 0.29) is 5.16 Å². The van der Waals surface area contributed by atoms with E-state index in [1.165, 1.54) is 11.0 Å². The average molecular weight is 304 g/mol. The summed E-state index contributed by atoms with van der Waals surface area (Å²) in [4.78, 5) is 1.48. The molecule has 0 atom stereocenters. The Hall–Kier alpha value is -1.62. The van der Waals surface area contributed by atoms with Crippen LogP contribution in [0.4, 0.5) is 13.2 Å². The van der Waals surface area contributed by atoms with Crippen LogP contribution in [0.3, 0.4) is 0 Å². The van der Waals surface area contributed by atoms with Crippen LogP contribution in [0.15, 0.2) is 47.1 Å². The molecule has 0 N–H and O–H groups in total. The van der Waals surface area contributed by atoms with Crippen molar-refractivity contribution in [2.24, 2.45) is 0 Å². The van der Waals surface area contributed by atoms with Gasteiger partial charge in [-0.2, -0.15) is 13.2 Å². The van der Waals surface area contributed by atoms with Gasteiger partial charge in [-0.05, 0) is 23.8 Å². The molecule has 1 aliphatic heterocycles. The zero-order valence-corrected chi connectivity index (χ0v) is 11.5. The van der Waals surface area contributed by atoms with Gasteiger partial charge in [0.05, 0.1) is 12.7 Å². The van der Waals surface area contributed by atoms with Gasteiger partial charge in [0.1, 0.15) is 10.9 Å². The fourth-order valence-electron chi connectivity index (χ4n) is 1.91. The van der Waals surface area contributed by atoms with Crippen molar-refractivity contribution >= 4 is 11.6 Å². The first-order chi connectivity index (χ1) is 9.41. The van der Waals surface area contributed by atoms with Crippen molar-refractivity contribution in [3.8, 4) is 5.75 Å². The van der Waals surface area contributed by atoms with Gasteiger partial charge in [-0.15, -0.1) is 0 Å². The van der Waals surface area contributed by atoms with Crippen molar-refractivity contribution in [3.05, 3.63) is 52.7 Å². The van der Waals surface area contributed by atoms with Crippen molar-refractivity contribution in [1.82, 2.24) is 4.90 Å². The first kappa shape index (κ1) is 14.8. The van der Waals surface area contributed by atoms with E-state index < -0.39 is 11.7 Å². The predicted molar refractivity (Wildman–Crippen MR) is 71.5 cm³/mol. The van der Waals surface area contributed by atoms with Crippen LogP contribution in [0.2, 0.25) is 0 Å². The number of alkyl halides is 3. The Balaban J connectivity index is 2.17. The van der Waals surface area contributed by atoms with E-state index in [4.69, 9.17) is 16.3 Å². The summed E-state index contributed by atoms with van der Waals surface area (Å²) < 4.78 is 43.3. The Labute approximate surface area is 120 Å². The molecule has 108 valence electrons. The molecule has 0 amide bonds. The second kappa shape index (κ2) is 5.79. The Kier molecular flexibility index (Phi) is 4.28. The van der Waals surface area contributed by atoms with Gasteiger partial charge in [-0.25, -0.2) is 0 Å². The lowest BCUT2D eigenvalue weighted by Gasteiger charge is -2.28. The van der Waals surface area contributed by atoms with E-state index in [0.29, 0.717) is 18.8 Å². The number of methoxy groups -OCH3 is 1. The first-order valence-corrected chi connectivity index (χ1v) is 6.31. The number of hydrogen-bond donors (Lipinski definition) is 0. The SMILES string of the molecule is COc1ccc(CN2CC=CC(C(F)(F)F)=C2Cl)cc1. The van der Waals surface area contributed by atoms with Crippen LogP contribution in [0.25, 0.3) is 0 Å². The van der Waals surface area contributed by atoms with Crippen molar-refractivity contribution in [2.45, 2.75) is 12.7 Å². The summed E-state index contributed by atoms with van der Waals surface area (Å²) in [5.41, 5.74) is 0.0553. The van der Waals surface area contributed by atoms with Gasteiger partial charge in [-0.3, -0.25) is 0 Å². The molecule has 0 radical (unpaired) electrons. The largest absolute Gasteiger partial charge is 0.497 e. The van der Waals surface area contributed by atoms with Crippen molar-refractivity contribution in [2.75, 3.05) is 13.7 Å². The maximum absolute atomic E-state index is 12.8. The summed E-state index contributed by atoms with van der Waals surface area (Å²) in [5.74, 6) is 0.699. The minimum atomic E-state index is -4.44. The molecule has 0 bridgehead atoms. The summed E-state index contributed by atoms with van der Waals surface area (Å²) in [7, 11) is 1.56. The Bertz CT molecular complexity index is 534. The van der Waals surface area contributed by atoms with Gasteiger partial charge in [0.25, 0.3) is 0 Å². The van der Waals surface area contributed by atoms with Crippen LogP contribution in [0, 0.1) is 0 Å². The second-order valence-electron chi connectivity index (χ2n) is 4.33. The summed E-state index contributed by atoms with van der Waals surface area (Å²) in [5, 5.41) is -0.268. The smallest absolute Gasteiger partial charge is 0.419 e. The number of hydrogen-bond acceptors (Lipinski definition) is 2. The summed E-state index contributed by atoms with van der Waals surface area (Å²) in [6, 6.07) is 7.12. The topological polar surface area (TPSA) is 12.5 Å². The van der Waals surface area contributed by atoms with Gasteiger partial charge < -0.3 is 9.64 Å². The van der Waals surface area contributed by atoms with E-state index in [9.17, 15) is 13.2 Å².